The second kappa shape index (κ2) is 7.44. The van der Waals surface area contributed by atoms with Gasteiger partial charge in [0.25, 0.3) is 0 Å². The average molecular weight is 314 g/mol. The van der Waals surface area contributed by atoms with E-state index in [1.807, 2.05) is 12.1 Å². The molecule has 1 atom stereocenters. The fourth-order valence-electron chi connectivity index (χ4n) is 2.97. The van der Waals surface area contributed by atoms with E-state index in [0.29, 0.717) is 24.7 Å². The Morgan fingerprint density at radius 3 is 2.74 bits per heavy atom. The molecule has 2 aromatic rings. The van der Waals surface area contributed by atoms with Crippen LogP contribution in [0.1, 0.15) is 17.3 Å². The molecule has 122 valence electrons. The van der Waals surface area contributed by atoms with Crippen molar-refractivity contribution in [1.29, 1.82) is 0 Å². The Morgan fingerprint density at radius 2 is 2.00 bits per heavy atom. The van der Waals surface area contributed by atoms with E-state index >= 15 is 0 Å². The van der Waals surface area contributed by atoms with Crippen molar-refractivity contribution in [2.75, 3.05) is 34.0 Å². The number of ether oxygens (including phenoxy) is 3. The molecule has 1 aromatic heterocycles. The standard InChI is InChI=1S/C18H22N2O3/c1-21-17-8-9-19-15(18(17)22-2)12-20-10-11-23-13-16(20)14-6-4-3-5-7-14/h3-9,16H,10-13H2,1-2H3/t16-/m0/s1. The van der Waals surface area contributed by atoms with Crippen LogP contribution in [0.15, 0.2) is 42.6 Å². The molecule has 0 saturated carbocycles. The van der Waals surface area contributed by atoms with Crippen molar-refractivity contribution in [2.45, 2.75) is 12.6 Å². The summed E-state index contributed by atoms with van der Waals surface area (Å²) in [5.41, 5.74) is 2.14. The molecule has 1 fully saturated rings. The minimum absolute atomic E-state index is 0.225. The highest BCUT2D eigenvalue weighted by Crippen LogP contribution is 2.32. The van der Waals surface area contributed by atoms with Gasteiger partial charge >= 0.3 is 0 Å². The van der Waals surface area contributed by atoms with Crippen molar-refractivity contribution >= 4 is 0 Å². The molecule has 1 aliphatic rings. The van der Waals surface area contributed by atoms with Crippen molar-refractivity contribution in [2.24, 2.45) is 0 Å². The lowest BCUT2D eigenvalue weighted by Crippen LogP contribution is -2.39. The van der Waals surface area contributed by atoms with Crippen LogP contribution < -0.4 is 9.47 Å². The third-order valence-corrected chi connectivity index (χ3v) is 4.14. The molecule has 5 heteroatoms. The highest BCUT2D eigenvalue weighted by atomic mass is 16.5. The van der Waals surface area contributed by atoms with Gasteiger partial charge in [-0.05, 0) is 5.56 Å². The van der Waals surface area contributed by atoms with E-state index in [9.17, 15) is 0 Å². The Balaban J connectivity index is 1.85. The number of nitrogens with zero attached hydrogens (tertiary/aromatic N) is 2. The Kier molecular flexibility index (Phi) is 5.10. The number of hydrogen-bond donors (Lipinski definition) is 0. The van der Waals surface area contributed by atoms with Gasteiger partial charge < -0.3 is 14.2 Å². The molecule has 0 amide bonds. The predicted octanol–water partition coefficient (Wildman–Crippen LogP) is 2.67. The summed E-state index contributed by atoms with van der Waals surface area (Å²) < 4.78 is 16.6. The summed E-state index contributed by atoms with van der Waals surface area (Å²) in [6.45, 7) is 2.98. The van der Waals surface area contributed by atoms with Crippen molar-refractivity contribution < 1.29 is 14.2 Å². The molecule has 0 unspecified atom stereocenters. The topological polar surface area (TPSA) is 43.8 Å². The van der Waals surface area contributed by atoms with E-state index < -0.39 is 0 Å². The lowest BCUT2D eigenvalue weighted by Gasteiger charge is -2.35. The molecule has 1 aromatic carbocycles. The number of aromatic nitrogens is 1. The van der Waals surface area contributed by atoms with E-state index in [-0.39, 0.29) is 6.04 Å². The normalized spacial score (nSPS) is 18.6. The molecular weight excluding hydrogens is 292 g/mol. The summed E-state index contributed by atoms with van der Waals surface area (Å²) in [5, 5.41) is 0. The third kappa shape index (κ3) is 3.46. The Bertz CT molecular complexity index is 633. The second-order valence-electron chi connectivity index (χ2n) is 5.47. The first-order valence-corrected chi connectivity index (χ1v) is 7.76. The molecule has 3 rings (SSSR count). The maximum atomic E-state index is 5.69. The minimum Gasteiger partial charge on any atom is -0.493 e. The Morgan fingerprint density at radius 1 is 1.17 bits per heavy atom. The Labute approximate surface area is 136 Å². The number of methoxy groups -OCH3 is 2. The van der Waals surface area contributed by atoms with Crippen molar-refractivity contribution in [3.05, 3.63) is 53.9 Å². The summed E-state index contributed by atoms with van der Waals surface area (Å²) >= 11 is 0. The van der Waals surface area contributed by atoms with Crippen molar-refractivity contribution in [3.8, 4) is 11.5 Å². The predicted molar refractivity (Wildman–Crippen MR) is 87.8 cm³/mol. The van der Waals surface area contributed by atoms with Gasteiger partial charge in [0.15, 0.2) is 11.5 Å². The summed E-state index contributed by atoms with van der Waals surface area (Å²) in [5.74, 6) is 1.41. The molecule has 0 spiro atoms. The number of benzene rings is 1. The number of morpholine rings is 1. The van der Waals surface area contributed by atoms with E-state index in [2.05, 4.69) is 34.1 Å². The van der Waals surface area contributed by atoms with Crippen LogP contribution in [0.3, 0.4) is 0 Å². The SMILES string of the molecule is COc1ccnc(CN2CCOC[C@H]2c2ccccc2)c1OC. The fraction of sp³-hybridized carbons (Fsp3) is 0.389. The quantitative estimate of drug-likeness (QED) is 0.849. The van der Waals surface area contributed by atoms with E-state index in [4.69, 9.17) is 14.2 Å². The van der Waals surface area contributed by atoms with E-state index in [1.54, 1.807) is 20.4 Å². The molecular formula is C18H22N2O3. The van der Waals surface area contributed by atoms with Crippen LogP contribution in [0.4, 0.5) is 0 Å². The van der Waals surface area contributed by atoms with Gasteiger partial charge in [-0.3, -0.25) is 9.88 Å². The molecule has 5 nitrogen and oxygen atoms in total. The van der Waals surface area contributed by atoms with Gasteiger partial charge in [-0.15, -0.1) is 0 Å². The first kappa shape index (κ1) is 15.8. The molecule has 23 heavy (non-hydrogen) atoms. The van der Waals surface area contributed by atoms with Gasteiger partial charge in [0.2, 0.25) is 0 Å². The zero-order chi connectivity index (χ0) is 16.1. The summed E-state index contributed by atoms with van der Waals surface area (Å²) in [7, 11) is 3.29. The lowest BCUT2D eigenvalue weighted by atomic mass is 10.0. The number of hydrogen-bond acceptors (Lipinski definition) is 5. The average Bonchev–Trinajstić information content (AvgIpc) is 2.62. The van der Waals surface area contributed by atoms with Crippen LogP contribution in [-0.4, -0.2) is 43.9 Å². The van der Waals surface area contributed by atoms with Crippen LogP contribution in [0.5, 0.6) is 11.5 Å². The summed E-state index contributed by atoms with van der Waals surface area (Å²) in [6.07, 6.45) is 1.76. The number of rotatable bonds is 5. The highest BCUT2D eigenvalue weighted by Gasteiger charge is 2.26. The van der Waals surface area contributed by atoms with Crippen LogP contribution in [-0.2, 0) is 11.3 Å². The first-order chi connectivity index (χ1) is 11.3. The number of pyridine rings is 1. The maximum Gasteiger partial charge on any atom is 0.183 e. The molecule has 1 saturated heterocycles. The Hall–Kier alpha value is -2.11. The first-order valence-electron chi connectivity index (χ1n) is 7.76. The molecule has 2 heterocycles. The van der Waals surface area contributed by atoms with Gasteiger partial charge in [-0.2, -0.15) is 0 Å². The molecule has 0 bridgehead atoms. The minimum atomic E-state index is 0.225. The van der Waals surface area contributed by atoms with Crippen molar-refractivity contribution in [3.63, 3.8) is 0 Å². The van der Waals surface area contributed by atoms with Crippen LogP contribution in [0, 0.1) is 0 Å². The zero-order valence-electron chi connectivity index (χ0n) is 13.6. The van der Waals surface area contributed by atoms with Crippen LogP contribution in [0.2, 0.25) is 0 Å². The monoisotopic (exact) mass is 314 g/mol. The third-order valence-electron chi connectivity index (χ3n) is 4.14. The molecule has 0 N–H and O–H groups in total. The zero-order valence-corrected chi connectivity index (χ0v) is 13.6. The van der Waals surface area contributed by atoms with E-state index in [0.717, 1.165) is 18.8 Å². The summed E-state index contributed by atoms with van der Waals surface area (Å²) in [4.78, 5) is 6.87. The van der Waals surface area contributed by atoms with Crippen molar-refractivity contribution in [1.82, 2.24) is 9.88 Å². The van der Waals surface area contributed by atoms with E-state index in [1.165, 1.54) is 5.56 Å². The summed E-state index contributed by atoms with van der Waals surface area (Å²) in [6, 6.07) is 12.5. The molecule has 1 aliphatic heterocycles. The second-order valence-corrected chi connectivity index (χ2v) is 5.47. The van der Waals surface area contributed by atoms with Gasteiger partial charge in [0.1, 0.15) is 5.69 Å². The lowest BCUT2D eigenvalue weighted by molar-refractivity contribution is -0.0135. The maximum absolute atomic E-state index is 5.69. The molecule has 0 aliphatic carbocycles. The highest BCUT2D eigenvalue weighted by molar-refractivity contribution is 5.42. The molecule has 0 radical (unpaired) electrons. The van der Waals surface area contributed by atoms with Gasteiger partial charge in [0, 0.05) is 25.4 Å². The smallest absolute Gasteiger partial charge is 0.183 e. The fourth-order valence-corrected chi connectivity index (χ4v) is 2.97. The van der Waals surface area contributed by atoms with Crippen LogP contribution >= 0.6 is 0 Å². The largest absolute Gasteiger partial charge is 0.493 e. The van der Waals surface area contributed by atoms with Gasteiger partial charge in [0.05, 0.1) is 33.5 Å². The van der Waals surface area contributed by atoms with Gasteiger partial charge in [-0.25, -0.2) is 0 Å². The van der Waals surface area contributed by atoms with Crippen LogP contribution in [0.25, 0.3) is 0 Å². The van der Waals surface area contributed by atoms with Gasteiger partial charge in [-0.1, -0.05) is 30.3 Å².